The fourth-order valence-electron chi connectivity index (χ4n) is 1.48. The Morgan fingerprint density at radius 1 is 1.27 bits per heavy atom. The van der Waals surface area contributed by atoms with E-state index in [-0.39, 0.29) is 6.04 Å². The second-order valence-electron chi connectivity index (χ2n) is 3.17. The molecule has 4 heteroatoms. The summed E-state index contributed by atoms with van der Waals surface area (Å²) in [5, 5.41) is 2.06. The monoisotopic (exact) mass is 330 g/mol. The minimum atomic E-state index is 0.0970. The van der Waals surface area contributed by atoms with Crippen molar-refractivity contribution < 1.29 is 0 Å². The van der Waals surface area contributed by atoms with E-state index in [1.54, 1.807) is 11.3 Å². The van der Waals surface area contributed by atoms with E-state index in [4.69, 9.17) is 5.84 Å². The third-order valence-corrected chi connectivity index (χ3v) is 3.78. The predicted octanol–water partition coefficient (Wildman–Crippen LogP) is 2.91. The fraction of sp³-hybridized carbons (Fsp3) is 0.0909. The molecule has 0 spiro atoms. The van der Waals surface area contributed by atoms with Gasteiger partial charge in [0.05, 0.1) is 6.04 Å². The first-order chi connectivity index (χ1) is 7.31. The van der Waals surface area contributed by atoms with Gasteiger partial charge in [-0.05, 0) is 51.7 Å². The average molecular weight is 330 g/mol. The van der Waals surface area contributed by atoms with E-state index in [0.717, 1.165) is 0 Å². The highest BCUT2D eigenvalue weighted by Crippen LogP contribution is 2.25. The maximum Gasteiger partial charge on any atom is 0.0802 e. The summed E-state index contributed by atoms with van der Waals surface area (Å²) in [6, 6.07) is 12.6. The number of halogens is 1. The Labute approximate surface area is 107 Å². The lowest BCUT2D eigenvalue weighted by atomic mass is 10.1. The highest BCUT2D eigenvalue weighted by molar-refractivity contribution is 14.1. The molecule has 15 heavy (non-hydrogen) atoms. The first-order valence-electron chi connectivity index (χ1n) is 4.56. The van der Waals surface area contributed by atoms with Crippen molar-refractivity contribution >= 4 is 33.9 Å². The smallest absolute Gasteiger partial charge is 0.0802 e. The molecule has 0 aliphatic carbocycles. The van der Waals surface area contributed by atoms with Crippen LogP contribution in [0.1, 0.15) is 16.5 Å². The van der Waals surface area contributed by atoms with Gasteiger partial charge in [0, 0.05) is 8.45 Å². The summed E-state index contributed by atoms with van der Waals surface area (Å²) in [5.41, 5.74) is 4.06. The van der Waals surface area contributed by atoms with Gasteiger partial charge in [0.1, 0.15) is 0 Å². The van der Waals surface area contributed by atoms with Gasteiger partial charge < -0.3 is 0 Å². The van der Waals surface area contributed by atoms with Gasteiger partial charge in [0.15, 0.2) is 0 Å². The summed E-state index contributed by atoms with van der Waals surface area (Å²) in [6.07, 6.45) is 0. The lowest BCUT2D eigenvalue weighted by Crippen LogP contribution is -2.28. The summed E-state index contributed by atoms with van der Waals surface area (Å²) >= 11 is 4.02. The summed E-state index contributed by atoms with van der Waals surface area (Å²) in [6.45, 7) is 0. The van der Waals surface area contributed by atoms with Crippen molar-refractivity contribution in [3.8, 4) is 0 Å². The molecule has 2 rings (SSSR count). The molecule has 0 amide bonds. The topological polar surface area (TPSA) is 38.0 Å². The molecule has 3 N–H and O–H groups in total. The van der Waals surface area contributed by atoms with Gasteiger partial charge in [0.25, 0.3) is 0 Å². The highest BCUT2D eigenvalue weighted by atomic mass is 127. The largest absolute Gasteiger partial charge is 0.271 e. The first-order valence-corrected chi connectivity index (χ1v) is 6.52. The zero-order chi connectivity index (χ0) is 10.7. The van der Waals surface area contributed by atoms with E-state index in [0.29, 0.717) is 0 Å². The molecule has 1 unspecified atom stereocenters. The van der Waals surface area contributed by atoms with Crippen LogP contribution in [0.5, 0.6) is 0 Å². The van der Waals surface area contributed by atoms with E-state index >= 15 is 0 Å². The molecule has 0 fully saturated rings. The van der Waals surface area contributed by atoms with Crippen LogP contribution in [0.25, 0.3) is 0 Å². The van der Waals surface area contributed by atoms with E-state index in [9.17, 15) is 0 Å². The summed E-state index contributed by atoms with van der Waals surface area (Å²) < 4.78 is 1.22. The Kier molecular flexibility index (Phi) is 3.74. The molecular weight excluding hydrogens is 319 g/mol. The third-order valence-electron chi connectivity index (χ3n) is 2.18. The zero-order valence-electron chi connectivity index (χ0n) is 7.98. The van der Waals surface area contributed by atoms with Gasteiger partial charge >= 0.3 is 0 Å². The van der Waals surface area contributed by atoms with Crippen molar-refractivity contribution in [1.82, 2.24) is 5.43 Å². The van der Waals surface area contributed by atoms with E-state index in [2.05, 4.69) is 63.7 Å². The molecule has 0 radical (unpaired) electrons. The van der Waals surface area contributed by atoms with Crippen LogP contribution in [0.4, 0.5) is 0 Å². The van der Waals surface area contributed by atoms with Gasteiger partial charge in [-0.2, -0.15) is 0 Å². The van der Waals surface area contributed by atoms with Gasteiger partial charge in [0.2, 0.25) is 0 Å². The minimum Gasteiger partial charge on any atom is -0.271 e. The van der Waals surface area contributed by atoms with Crippen molar-refractivity contribution in [2.45, 2.75) is 6.04 Å². The summed E-state index contributed by atoms with van der Waals surface area (Å²) in [4.78, 5) is 1.24. The SMILES string of the molecule is NNC(c1cccc(I)c1)c1cccs1. The van der Waals surface area contributed by atoms with Crippen LogP contribution in [0, 0.1) is 3.57 Å². The average Bonchev–Trinajstić information content (AvgIpc) is 2.72. The van der Waals surface area contributed by atoms with Crippen LogP contribution in [0.15, 0.2) is 41.8 Å². The number of thiophene rings is 1. The molecular formula is C11H11IN2S. The molecule has 0 aliphatic heterocycles. The van der Waals surface area contributed by atoms with Crippen molar-refractivity contribution in [3.63, 3.8) is 0 Å². The number of nitrogens with one attached hydrogen (secondary N) is 1. The Hall–Kier alpha value is -0.430. The molecule has 1 aromatic heterocycles. The molecule has 1 atom stereocenters. The van der Waals surface area contributed by atoms with Gasteiger partial charge in [-0.3, -0.25) is 5.84 Å². The van der Waals surface area contributed by atoms with E-state index in [1.807, 2.05) is 6.07 Å². The van der Waals surface area contributed by atoms with Crippen LogP contribution in [-0.4, -0.2) is 0 Å². The first kappa shape index (κ1) is 11.1. The van der Waals surface area contributed by atoms with Crippen LogP contribution in [0.2, 0.25) is 0 Å². The summed E-state index contributed by atoms with van der Waals surface area (Å²) in [5.74, 6) is 5.60. The highest BCUT2D eigenvalue weighted by Gasteiger charge is 2.12. The van der Waals surface area contributed by atoms with Crippen LogP contribution in [-0.2, 0) is 0 Å². The van der Waals surface area contributed by atoms with Gasteiger partial charge in [-0.15, -0.1) is 11.3 Å². The molecule has 1 heterocycles. The predicted molar refractivity (Wildman–Crippen MR) is 72.6 cm³/mol. The van der Waals surface area contributed by atoms with Crippen molar-refractivity contribution in [2.75, 3.05) is 0 Å². The fourth-order valence-corrected chi connectivity index (χ4v) is 2.86. The van der Waals surface area contributed by atoms with Crippen LogP contribution >= 0.6 is 33.9 Å². The number of nitrogens with two attached hydrogens (primary N) is 1. The molecule has 2 nitrogen and oxygen atoms in total. The number of hydrazine groups is 1. The van der Waals surface area contributed by atoms with Crippen LogP contribution < -0.4 is 11.3 Å². The zero-order valence-corrected chi connectivity index (χ0v) is 11.0. The van der Waals surface area contributed by atoms with Crippen molar-refractivity contribution in [1.29, 1.82) is 0 Å². The molecule has 0 aliphatic rings. The maximum absolute atomic E-state index is 5.60. The molecule has 0 saturated carbocycles. The number of hydrogen-bond acceptors (Lipinski definition) is 3. The minimum absolute atomic E-state index is 0.0970. The lowest BCUT2D eigenvalue weighted by molar-refractivity contribution is 0.646. The molecule has 0 bridgehead atoms. The standard InChI is InChI=1S/C11H11IN2S/c12-9-4-1-3-8(7-9)11(14-13)10-5-2-6-15-10/h1-7,11,14H,13H2. The number of hydrogen-bond donors (Lipinski definition) is 2. The molecule has 0 saturated heterocycles. The van der Waals surface area contributed by atoms with Crippen LogP contribution in [0.3, 0.4) is 0 Å². The van der Waals surface area contributed by atoms with Gasteiger partial charge in [-0.1, -0.05) is 18.2 Å². The third kappa shape index (κ3) is 2.57. The Morgan fingerprint density at radius 3 is 2.73 bits per heavy atom. The molecule has 78 valence electrons. The Morgan fingerprint density at radius 2 is 2.13 bits per heavy atom. The van der Waals surface area contributed by atoms with E-state index < -0.39 is 0 Å². The Balaban J connectivity index is 2.35. The maximum atomic E-state index is 5.60. The second kappa shape index (κ2) is 5.07. The van der Waals surface area contributed by atoms with Crippen molar-refractivity contribution in [2.24, 2.45) is 5.84 Å². The normalized spacial score (nSPS) is 12.7. The summed E-state index contributed by atoms with van der Waals surface area (Å²) in [7, 11) is 0. The lowest BCUT2D eigenvalue weighted by Gasteiger charge is -2.14. The second-order valence-corrected chi connectivity index (χ2v) is 5.40. The molecule has 2 aromatic rings. The Bertz CT molecular complexity index is 428. The van der Waals surface area contributed by atoms with E-state index in [1.165, 1.54) is 14.0 Å². The molecule has 1 aromatic carbocycles. The van der Waals surface area contributed by atoms with Crippen molar-refractivity contribution in [3.05, 3.63) is 55.8 Å². The van der Waals surface area contributed by atoms with Gasteiger partial charge in [-0.25, -0.2) is 5.43 Å². The quantitative estimate of drug-likeness (QED) is 0.516. The number of benzene rings is 1. The number of rotatable bonds is 3.